The molecule has 1 aliphatic rings. The highest BCUT2D eigenvalue weighted by Crippen LogP contribution is 2.20. The highest BCUT2D eigenvalue weighted by Gasteiger charge is 2.22. The lowest BCUT2D eigenvalue weighted by atomic mass is 10.3. The predicted octanol–water partition coefficient (Wildman–Crippen LogP) is 2.31. The molecule has 0 aliphatic carbocycles. The van der Waals surface area contributed by atoms with Crippen molar-refractivity contribution in [3.63, 3.8) is 0 Å². The number of nitrogens with zero attached hydrogens (tertiary/aromatic N) is 3. The molecular weight excluding hydrogens is 320 g/mol. The second kappa shape index (κ2) is 6.70. The van der Waals surface area contributed by atoms with Crippen LogP contribution < -0.4 is 5.32 Å². The SMILES string of the molecule is O=C(CCN1CCOC1=O)Nc1cnn(-c2ccccc2Cl)c1. The molecule has 0 radical (unpaired) electrons. The fourth-order valence-corrected chi connectivity index (χ4v) is 2.47. The summed E-state index contributed by atoms with van der Waals surface area (Å²) in [6.07, 6.45) is 3.06. The molecule has 0 unspecified atom stereocenters. The lowest BCUT2D eigenvalue weighted by molar-refractivity contribution is -0.116. The number of carbonyl (C=O) groups excluding carboxylic acids is 2. The van der Waals surface area contributed by atoms with Crippen LogP contribution in [-0.2, 0) is 9.53 Å². The van der Waals surface area contributed by atoms with Crippen molar-refractivity contribution in [2.24, 2.45) is 0 Å². The van der Waals surface area contributed by atoms with E-state index in [2.05, 4.69) is 10.4 Å². The summed E-state index contributed by atoms with van der Waals surface area (Å²) in [6, 6.07) is 7.30. The van der Waals surface area contributed by atoms with Gasteiger partial charge in [0.25, 0.3) is 0 Å². The molecule has 23 heavy (non-hydrogen) atoms. The maximum atomic E-state index is 11.9. The highest BCUT2D eigenvalue weighted by atomic mass is 35.5. The quantitative estimate of drug-likeness (QED) is 0.910. The van der Waals surface area contributed by atoms with Gasteiger partial charge in [0.15, 0.2) is 0 Å². The Bertz CT molecular complexity index is 731. The smallest absolute Gasteiger partial charge is 0.409 e. The molecule has 2 aromatic rings. The summed E-state index contributed by atoms with van der Waals surface area (Å²) in [5, 5.41) is 7.50. The maximum absolute atomic E-state index is 11.9. The number of para-hydroxylation sites is 1. The molecule has 1 aromatic heterocycles. The van der Waals surface area contributed by atoms with Crippen LogP contribution in [0.15, 0.2) is 36.7 Å². The number of nitrogens with one attached hydrogen (secondary N) is 1. The molecule has 0 spiro atoms. The molecule has 0 bridgehead atoms. The monoisotopic (exact) mass is 334 g/mol. The van der Waals surface area contributed by atoms with Gasteiger partial charge in [-0.2, -0.15) is 5.10 Å². The van der Waals surface area contributed by atoms with Gasteiger partial charge in [-0.25, -0.2) is 9.48 Å². The molecule has 1 aliphatic heterocycles. The van der Waals surface area contributed by atoms with Gasteiger partial charge in [0.2, 0.25) is 5.91 Å². The molecule has 3 rings (SSSR count). The molecule has 120 valence electrons. The van der Waals surface area contributed by atoms with Crippen LogP contribution in [0.2, 0.25) is 5.02 Å². The van der Waals surface area contributed by atoms with E-state index < -0.39 is 0 Å². The van der Waals surface area contributed by atoms with Gasteiger partial charge in [0.1, 0.15) is 6.61 Å². The molecule has 1 N–H and O–H groups in total. The predicted molar refractivity (Wildman–Crippen MR) is 84.7 cm³/mol. The number of halogens is 1. The molecule has 1 saturated heterocycles. The minimum atomic E-state index is -0.371. The third-order valence-electron chi connectivity index (χ3n) is 3.42. The van der Waals surface area contributed by atoms with E-state index in [0.29, 0.717) is 30.4 Å². The van der Waals surface area contributed by atoms with E-state index in [4.69, 9.17) is 16.3 Å². The summed E-state index contributed by atoms with van der Waals surface area (Å²) in [5.41, 5.74) is 1.30. The highest BCUT2D eigenvalue weighted by molar-refractivity contribution is 6.32. The van der Waals surface area contributed by atoms with Gasteiger partial charge < -0.3 is 15.0 Å². The largest absolute Gasteiger partial charge is 0.448 e. The molecular formula is C15H15ClN4O3. The number of ether oxygens (including phenoxy) is 1. The Morgan fingerprint density at radius 2 is 2.22 bits per heavy atom. The Hall–Kier alpha value is -2.54. The summed E-state index contributed by atoms with van der Waals surface area (Å²) < 4.78 is 6.40. The second-order valence-corrected chi connectivity index (χ2v) is 5.43. The van der Waals surface area contributed by atoms with Crippen molar-refractivity contribution in [1.29, 1.82) is 0 Å². The van der Waals surface area contributed by atoms with Crippen LogP contribution in [0.3, 0.4) is 0 Å². The number of hydrogen-bond acceptors (Lipinski definition) is 4. The van der Waals surface area contributed by atoms with E-state index in [1.54, 1.807) is 23.1 Å². The number of hydrogen-bond donors (Lipinski definition) is 1. The van der Waals surface area contributed by atoms with E-state index >= 15 is 0 Å². The van der Waals surface area contributed by atoms with E-state index in [-0.39, 0.29) is 18.4 Å². The van der Waals surface area contributed by atoms with Crippen LogP contribution in [0.5, 0.6) is 0 Å². The number of benzene rings is 1. The first-order chi connectivity index (χ1) is 11.1. The van der Waals surface area contributed by atoms with Gasteiger partial charge in [-0.05, 0) is 12.1 Å². The minimum absolute atomic E-state index is 0.191. The van der Waals surface area contributed by atoms with E-state index in [0.717, 1.165) is 5.69 Å². The molecule has 1 fully saturated rings. The van der Waals surface area contributed by atoms with Crippen LogP contribution in [-0.4, -0.2) is 46.4 Å². The summed E-state index contributed by atoms with van der Waals surface area (Å²) in [4.78, 5) is 24.7. The number of aromatic nitrogens is 2. The van der Waals surface area contributed by atoms with Crippen molar-refractivity contribution in [2.45, 2.75) is 6.42 Å². The van der Waals surface area contributed by atoms with Gasteiger partial charge in [-0.15, -0.1) is 0 Å². The Kier molecular flexibility index (Phi) is 4.47. The third kappa shape index (κ3) is 3.62. The van der Waals surface area contributed by atoms with Crippen LogP contribution >= 0.6 is 11.6 Å². The Balaban J connectivity index is 1.57. The van der Waals surface area contributed by atoms with Gasteiger partial charge in [-0.1, -0.05) is 23.7 Å². The molecule has 2 heterocycles. The van der Waals surface area contributed by atoms with Crippen LogP contribution in [0.4, 0.5) is 10.5 Å². The molecule has 0 saturated carbocycles. The zero-order valence-electron chi connectivity index (χ0n) is 12.2. The zero-order valence-corrected chi connectivity index (χ0v) is 13.0. The average Bonchev–Trinajstić information content (AvgIpc) is 3.15. The summed E-state index contributed by atoms with van der Waals surface area (Å²) >= 11 is 6.11. The lowest BCUT2D eigenvalue weighted by Gasteiger charge is -2.11. The van der Waals surface area contributed by atoms with Crippen molar-refractivity contribution in [3.8, 4) is 5.69 Å². The first-order valence-electron chi connectivity index (χ1n) is 7.14. The van der Waals surface area contributed by atoms with Crippen molar-refractivity contribution < 1.29 is 14.3 Å². The summed E-state index contributed by atoms with van der Waals surface area (Å²) in [7, 11) is 0. The molecule has 1 aromatic carbocycles. The fraction of sp³-hybridized carbons (Fsp3) is 0.267. The topological polar surface area (TPSA) is 76.5 Å². The molecule has 7 nitrogen and oxygen atoms in total. The first kappa shape index (κ1) is 15.4. The molecule has 8 heteroatoms. The standard InChI is InChI=1S/C15H15ClN4O3/c16-12-3-1-2-4-13(12)20-10-11(9-17-20)18-14(21)5-6-19-7-8-23-15(19)22/h1-4,9-10H,5-8H2,(H,18,21). The van der Waals surface area contributed by atoms with Crippen LogP contribution in [0.25, 0.3) is 5.69 Å². The lowest BCUT2D eigenvalue weighted by Crippen LogP contribution is -2.28. The Morgan fingerprint density at radius 1 is 1.39 bits per heavy atom. The van der Waals surface area contributed by atoms with Crippen molar-refractivity contribution in [2.75, 3.05) is 25.0 Å². The number of cyclic esters (lactones) is 1. The van der Waals surface area contributed by atoms with Crippen LogP contribution in [0, 0.1) is 0 Å². The van der Waals surface area contributed by atoms with Gasteiger partial charge >= 0.3 is 6.09 Å². The third-order valence-corrected chi connectivity index (χ3v) is 3.74. The average molecular weight is 335 g/mol. The second-order valence-electron chi connectivity index (χ2n) is 5.02. The number of amides is 2. The van der Waals surface area contributed by atoms with Crippen LogP contribution in [0.1, 0.15) is 6.42 Å². The summed E-state index contributed by atoms with van der Waals surface area (Å²) in [6.45, 7) is 1.24. The van der Waals surface area contributed by atoms with Crippen molar-refractivity contribution >= 4 is 29.3 Å². The van der Waals surface area contributed by atoms with Crippen molar-refractivity contribution in [1.82, 2.24) is 14.7 Å². The Morgan fingerprint density at radius 3 is 2.96 bits per heavy atom. The van der Waals surface area contributed by atoms with Gasteiger partial charge in [0.05, 0.1) is 35.3 Å². The summed E-state index contributed by atoms with van der Waals surface area (Å²) in [5.74, 6) is -0.191. The van der Waals surface area contributed by atoms with Crippen molar-refractivity contribution in [3.05, 3.63) is 41.7 Å². The van der Waals surface area contributed by atoms with Gasteiger partial charge in [0, 0.05) is 13.0 Å². The number of carbonyl (C=O) groups is 2. The first-order valence-corrected chi connectivity index (χ1v) is 7.52. The number of rotatable bonds is 5. The van der Waals surface area contributed by atoms with E-state index in [1.165, 1.54) is 4.90 Å². The molecule has 2 amide bonds. The molecule has 0 atom stereocenters. The fourth-order valence-electron chi connectivity index (χ4n) is 2.25. The normalized spacial score (nSPS) is 14.0. The zero-order chi connectivity index (χ0) is 16.2. The number of anilines is 1. The van der Waals surface area contributed by atoms with E-state index in [1.807, 2.05) is 18.2 Å². The van der Waals surface area contributed by atoms with Gasteiger partial charge in [-0.3, -0.25) is 4.79 Å². The van der Waals surface area contributed by atoms with E-state index in [9.17, 15) is 9.59 Å². The maximum Gasteiger partial charge on any atom is 0.409 e. The minimum Gasteiger partial charge on any atom is -0.448 e. The Labute approximate surface area is 137 Å².